The van der Waals surface area contributed by atoms with Crippen LogP contribution < -0.4 is 0 Å². The van der Waals surface area contributed by atoms with E-state index in [1.165, 1.54) is 0 Å². The zero-order chi connectivity index (χ0) is 19.6. The van der Waals surface area contributed by atoms with E-state index in [9.17, 15) is 22.6 Å². The van der Waals surface area contributed by atoms with Crippen LogP contribution in [0.3, 0.4) is 0 Å². The van der Waals surface area contributed by atoms with Crippen molar-refractivity contribution in [3.05, 3.63) is 0 Å². The van der Waals surface area contributed by atoms with E-state index >= 15 is 0 Å². The zero-order valence-corrected chi connectivity index (χ0v) is 17.5. The molecule has 0 aromatic rings. The summed E-state index contributed by atoms with van der Waals surface area (Å²) < 4.78 is 37.9. The summed E-state index contributed by atoms with van der Waals surface area (Å²) >= 11 is 0. The maximum Gasteiger partial charge on any atom is 0.181 e. The van der Waals surface area contributed by atoms with Crippen LogP contribution >= 0.6 is 0 Å². The second kappa shape index (κ2) is 8.29. The number of rotatable bonds is 5. The first kappa shape index (κ1) is 21.9. The third-order valence-electron chi connectivity index (χ3n) is 6.35. The van der Waals surface area contributed by atoms with Gasteiger partial charge in [-0.1, -0.05) is 20.8 Å². The Balaban J connectivity index is 0.000000197. The van der Waals surface area contributed by atoms with Crippen molar-refractivity contribution in [3.63, 3.8) is 0 Å². The Morgan fingerprint density at radius 2 is 1.92 bits per heavy atom. The maximum atomic E-state index is 11.8. The number of carbonyl (C=O) groups is 2. The van der Waals surface area contributed by atoms with Crippen LogP contribution in [0.1, 0.15) is 46.5 Å². The molecule has 0 radical (unpaired) electrons. The molecule has 1 aliphatic heterocycles. The van der Waals surface area contributed by atoms with Gasteiger partial charge >= 0.3 is 0 Å². The van der Waals surface area contributed by atoms with Gasteiger partial charge in [0, 0.05) is 18.3 Å². The molecule has 3 rings (SSSR count). The maximum absolute atomic E-state index is 11.8. The van der Waals surface area contributed by atoms with Crippen molar-refractivity contribution in [2.24, 2.45) is 16.7 Å². The van der Waals surface area contributed by atoms with E-state index in [4.69, 9.17) is 4.74 Å². The van der Waals surface area contributed by atoms with Crippen LogP contribution in [0.4, 0.5) is 0 Å². The highest BCUT2D eigenvalue weighted by Crippen LogP contribution is 2.64. The van der Waals surface area contributed by atoms with Gasteiger partial charge < -0.3 is 9.29 Å². The molecule has 1 saturated heterocycles. The third-order valence-corrected chi connectivity index (χ3v) is 9.42. The smallest absolute Gasteiger partial charge is 0.181 e. The Hall–Kier alpha value is -0.440. The minimum atomic E-state index is -4.33. The highest BCUT2D eigenvalue weighted by Gasteiger charge is 2.64. The van der Waals surface area contributed by atoms with Crippen LogP contribution in [0.15, 0.2) is 0 Å². The van der Waals surface area contributed by atoms with Crippen LogP contribution in [0.25, 0.3) is 0 Å². The summed E-state index contributed by atoms with van der Waals surface area (Å²) in [4.78, 5) is 22.9. The molecule has 26 heavy (non-hydrogen) atoms. The fraction of sp³-hybridized carbons (Fsp3) is 0.889. The van der Waals surface area contributed by atoms with Crippen molar-refractivity contribution in [1.29, 1.82) is 0 Å². The summed E-state index contributed by atoms with van der Waals surface area (Å²) in [5.74, 6) is 3.14. The fourth-order valence-electron chi connectivity index (χ4n) is 4.44. The van der Waals surface area contributed by atoms with Gasteiger partial charge in [0.25, 0.3) is 0 Å². The molecule has 3 fully saturated rings. The highest BCUT2D eigenvalue weighted by atomic mass is 32.2. The van der Waals surface area contributed by atoms with E-state index < -0.39 is 21.3 Å². The molecule has 2 bridgehead atoms. The summed E-state index contributed by atoms with van der Waals surface area (Å²) in [7, 11) is -3.98. The van der Waals surface area contributed by atoms with Crippen molar-refractivity contribution in [2.45, 2.75) is 46.5 Å². The first-order valence-corrected chi connectivity index (χ1v) is 12.5. The molecule has 3 aliphatic rings. The summed E-state index contributed by atoms with van der Waals surface area (Å²) in [6, 6.07) is 0. The summed E-state index contributed by atoms with van der Waals surface area (Å²) in [5.41, 5.74) is -1.22. The number of carbonyl (C=O) groups excluding carboxylic acids is 2. The molecule has 0 aromatic heterocycles. The van der Waals surface area contributed by atoms with Crippen LogP contribution in [-0.4, -0.2) is 60.8 Å². The van der Waals surface area contributed by atoms with Crippen molar-refractivity contribution in [3.8, 4) is 0 Å². The fourth-order valence-corrected chi connectivity index (χ4v) is 7.58. The van der Waals surface area contributed by atoms with Crippen LogP contribution in [-0.2, 0) is 35.3 Å². The standard InChI is InChI=1S/C10H16O4S.C8H15O2S/c1-9(2)7-3-4-10(9,8(11)5-7)6-15(12,13)14;1-2-8(9)7-11-5-3-10-4-6-11/h7H,3-6H2,1-2H3,(H,12,13,14);2-7H2,1H3/q;+1/p-1. The minimum absolute atomic E-state index is 0.0248. The summed E-state index contributed by atoms with van der Waals surface area (Å²) in [6.07, 6.45) is 2.58. The molecule has 150 valence electrons. The van der Waals surface area contributed by atoms with Crippen molar-refractivity contribution in [1.82, 2.24) is 0 Å². The number of hydrogen-bond donors (Lipinski definition) is 0. The first-order chi connectivity index (χ1) is 12.0. The Kier molecular flexibility index (Phi) is 6.97. The molecule has 6 nitrogen and oxygen atoms in total. The highest BCUT2D eigenvalue weighted by molar-refractivity contribution is 7.97. The van der Waals surface area contributed by atoms with Crippen LogP contribution in [0, 0.1) is 16.7 Å². The molecule has 0 spiro atoms. The predicted octanol–water partition coefficient (Wildman–Crippen LogP) is 1.54. The molecule has 2 saturated carbocycles. The molecule has 0 aromatic carbocycles. The molecule has 1 heterocycles. The third kappa shape index (κ3) is 4.69. The van der Waals surface area contributed by atoms with E-state index in [2.05, 4.69) is 0 Å². The van der Waals surface area contributed by atoms with E-state index in [0.717, 1.165) is 36.9 Å². The van der Waals surface area contributed by atoms with Gasteiger partial charge in [-0.2, -0.15) is 0 Å². The lowest BCUT2D eigenvalue weighted by atomic mass is 9.70. The number of ketones is 2. The first-order valence-electron chi connectivity index (χ1n) is 9.22. The van der Waals surface area contributed by atoms with Gasteiger partial charge in [0.2, 0.25) is 0 Å². The van der Waals surface area contributed by atoms with Gasteiger partial charge in [-0.25, -0.2) is 8.42 Å². The minimum Gasteiger partial charge on any atom is -0.748 e. The molecule has 2 unspecified atom stereocenters. The van der Waals surface area contributed by atoms with E-state index in [1.807, 2.05) is 20.8 Å². The van der Waals surface area contributed by atoms with Gasteiger partial charge in [-0.05, 0) is 35.1 Å². The molecule has 8 heteroatoms. The Bertz CT molecular complexity index is 636. The van der Waals surface area contributed by atoms with E-state index in [1.54, 1.807) is 0 Å². The number of hydrogen-bond acceptors (Lipinski definition) is 6. The monoisotopic (exact) mass is 406 g/mol. The van der Waals surface area contributed by atoms with Crippen LogP contribution in [0.2, 0.25) is 0 Å². The lowest BCUT2D eigenvalue weighted by Crippen LogP contribution is -2.42. The van der Waals surface area contributed by atoms with Gasteiger partial charge in [0.1, 0.15) is 17.3 Å². The molecule has 2 atom stereocenters. The van der Waals surface area contributed by atoms with Gasteiger partial charge in [-0.15, -0.1) is 0 Å². The van der Waals surface area contributed by atoms with E-state index in [-0.39, 0.29) is 17.1 Å². The van der Waals surface area contributed by atoms with Crippen molar-refractivity contribution >= 4 is 32.6 Å². The van der Waals surface area contributed by atoms with Gasteiger partial charge in [0.15, 0.2) is 11.5 Å². The molecule has 2 aliphatic carbocycles. The molecule has 0 N–H and O–H groups in total. The Labute approximate surface area is 159 Å². The molecule has 0 amide bonds. The topological polar surface area (TPSA) is 101 Å². The number of fused-ring (bicyclic) bond motifs is 2. The Morgan fingerprint density at radius 1 is 1.31 bits per heavy atom. The van der Waals surface area contributed by atoms with Crippen molar-refractivity contribution < 1.29 is 27.3 Å². The van der Waals surface area contributed by atoms with Gasteiger partial charge in [-0.3, -0.25) is 9.59 Å². The second-order valence-corrected chi connectivity index (χ2v) is 11.8. The SMILES string of the molecule is CC1(C)C2CCC1(CS(=O)(=O)[O-])C(=O)C2.CCC(=O)C[S+]1CCOCC1. The second-order valence-electron chi connectivity index (χ2n) is 8.04. The predicted molar refractivity (Wildman–Crippen MR) is 101 cm³/mol. The lowest BCUT2D eigenvalue weighted by molar-refractivity contribution is -0.128. The zero-order valence-electron chi connectivity index (χ0n) is 15.9. The average molecular weight is 407 g/mol. The largest absolute Gasteiger partial charge is 0.748 e. The number of ether oxygens (including phenoxy) is 1. The lowest BCUT2D eigenvalue weighted by Gasteiger charge is -2.37. The van der Waals surface area contributed by atoms with E-state index in [0.29, 0.717) is 35.9 Å². The van der Waals surface area contributed by atoms with Crippen LogP contribution in [0.5, 0.6) is 0 Å². The quantitative estimate of drug-likeness (QED) is 0.507. The summed E-state index contributed by atoms with van der Waals surface area (Å²) in [5, 5.41) is 0. The summed E-state index contributed by atoms with van der Waals surface area (Å²) in [6.45, 7) is 7.49. The normalized spacial score (nSPS) is 30.8. The van der Waals surface area contributed by atoms with Crippen molar-refractivity contribution in [2.75, 3.05) is 36.2 Å². The Morgan fingerprint density at radius 3 is 2.35 bits per heavy atom. The molecular formula is C18H30O6S2. The number of Topliss-reactive ketones (excluding diaryl/α,β-unsaturated/α-hetero) is 2. The molecular weight excluding hydrogens is 376 g/mol. The average Bonchev–Trinajstić information content (AvgIpc) is 2.89. The van der Waals surface area contributed by atoms with Gasteiger partial charge in [0.05, 0.1) is 29.1 Å².